The molecule has 4 rings (SSSR count). The lowest BCUT2D eigenvalue weighted by Gasteiger charge is -2.08. The van der Waals surface area contributed by atoms with Crippen LogP contribution in [-0.4, -0.2) is 19.9 Å². The molecule has 0 amide bonds. The van der Waals surface area contributed by atoms with Gasteiger partial charge in [0.05, 0.1) is 12.2 Å². The molecule has 0 saturated heterocycles. The van der Waals surface area contributed by atoms with E-state index in [-0.39, 0.29) is 0 Å². The number of aryl methyl sites for hydroxylation is 1. The highest BCUT2D eigenvalue weighted by Crippen LogP contribution is 2.22. The zero-order valence-electron chi connectivity index (χ0n) is 14.6. The molecule has 0 fully saturated rings. The number of nitrogens with zero attached hydrogens (tertiary/aromatic N) is 3. The Labute approximate surface area is 164 Å². The summed E-state index contributed by atoms with van der Waals surface area (Å²) in [5, 5.41) is 4.11. The van der Waals surface area contributed by atoms with Gasteiger partial charge in [0.15, 0.2) is 0 Å². The number of hydrogen-bond donors (Lipinski definition) is 2. The third-order valence-electron chi connectivity index (χ3n) is 4.30. The Kier molecular flexibility index (Phi) is 4.85. The zero-order chi connectivity index (χ0) is 18.8. The summed E-state index contributed by atoms with van der Waals surface area (Å²) in [7, 11) is 0. The quantitative estimate of drug-likeness (QED) is 0.452. The van der Waals surface area contributed by atoms with Crippen LogP contribution in [0.4, 0.5) is 10.2 Å². The number of halogens is 2. The molecule has 4 aromatic rings. The van der Waals surface area contributed by atoms with Gasteiger partial charge in [-0.2, -0.15) is 4.39 Å². The zero-order valence-corrected chi connectivity index (χ0v) is 16.2. The monoisotopic (exact) mass is 425 g/mol. The van der Waals surface area contributed by atoms with E-state index in [1.165, 1.54) is 0 Å². The van der Waals surface area contributed by atoms with Gasteiger partial charge < -0.3 is 10.3 Å². The second-order valence-corrected chi connectivity index (χ2v) is 7.28. The van der Waals surface area contributed by atoms with Crippen molar-refractivity contribution in [2.45, 2.75) is 19.9 Å². The van der Waals surface area contributed by atoms with E-state index >= 15 is 0 Å². The van der Waals surface area contributed by atoms with Crippen LogP contribution in [-0.2, 0) is 13.0 Å². The molecule has 136 valence electrons. The highest BCUT2D eigenvalue weighted by Gasteiger charge is 2.11. The molecule has 0 aliphatic rings. The molecule has 0 saturated carbocycles. The predicted octanol–water partition coefficient (Wildman–Crippen LogP) is 4.77. The molecule has 0 spiro atoms. The maximum atomic E-state index is 14.5. The van der Waals surface area contributed by atoms with Crippen molar-refractivity contribution in [2.24, 2.45) is 0 Å². The van der Waals surface area contributed by atoms with E-state index in [2.05, 4.69) is 47.2 Å². The van der Waals surface area contributed by atoms with Crippen LogP contribution in [0.5, 0.6) is 0 Å². The van der Waals surface area contributed by atoms with Gasteiger partial charge in [-0.05, 0) is 58.2 Å². The summed E-state index contributed by atoms with van der Waals surface area (Å²) in [6.45, 7) is 2.47. The van der Waals surface area contributed by atoms with Crippen molar-refractivity contribution < 1.29 is 4.39 Å². The minimum absolute atomic E-state index is 0.457. The van der Waals surface area contributed by atoms with Crippen molar-refractivity contribution in [2.75, 3.05) is 5.32 Å². The summed E-state index contributed by atoms with van der Waals surface area (Å²) < 4.78 is 15.4. The smallest absolute Gasteiger partial charge is 0.218 e. The number of pyridine rings is 3. The van der Waals surface area contributed by atoms with E-state index in [4.69, 9.17) is 0 Å². The fourth-order valence-corrected chi connectivity index (χ4v) is 3.13. The molecule has 0 bridgehead atoms. The average Bonchev–Trinajstić information content (AvgIpc) is 3.05. The first-order valence-corrected chi connectivity index (χ1v) is 9.30. The van der Waals surface area contributed by atoms with Gasteiger partial charge in [0.1, 0.15) is 11.5 Å². The molecular weight excluding hydrogens is 409 g/mol. The van der Waals surface area contributed by atoms with Crippen LogP contribution in [0, 0.1) is 12.9 Å². The van der Waals surface area contributed by atoms with Gasteiger partial charge in [0.2, 0.25) is 5.95 Å². The Morgan fingerprint density at radius 2 is 2.00 bits per heavy atom. The summed E-state index contributed by atoms with van der Waals surface area (Å²) in [5.74, 6) is 0.0103. The molecule has 0 aliphatic carbocycles. The van der Waals surface area contributed by atoms with Crippen molar-refractivity contribution >= 4 is 32.8 Å². The van der Waals surface area contributed by atoms with Crippen molar-refractivity contribution in [3.05, 3.63) is 81.7 Å². The van der Waals surface area contributed by atoms with Gasteiger partial charge in [-0.1, -0.05) is 6.07 Å². The molecule has 4 aromatic heterocycles. The number of nitrogens with one attached hydrogen (secondary N) is 2. The lowest BCUT2D eigenvalue weighted by molar-refractivity contribution is 0.571. The second kappa shape index (κ2) is 7.44. The second-order valence-electron chi connectivity index (χ2n) is 6.37. The van der Waals surface area contributed by atoms with Gasteiger partial charge in [-0.25, -0.2) is 9.97 Å². The summed E-state index contributed by atoms with van der Waals surface area (Å²) in [4.78, 5) is 15.8. The summed E-state index contributed by atoms with van der Waals surface area (Å²) in [6, 6.07) is 9.42. The molecule has 0 atom stereocenters. The number of fused-ring (bicyclic) bond motifs is 1. The molecule has 5 nitrogen and oxygen atoms in total. The van der Waals surface area contributed by atoms with Crippen LogP contribution in [0.15, 0.2) is 53.4 Å². The Morgan fingerprint density at radius 1 is 1.11 bits per heavy atom. The van der Waals surface area contributed by atoms with Crippen LogP contribution in [0.25, 0.3) is 11.0 Å². The summed E-state index contributed by atoms with van der Waals surface area (Å²) in [6.07, 6.45) is 5.87. The van der Waals surface area contributed by atoms with E-state index in [9.17, 15) is 4.39 Å². The van der Waals surface area contributed by atoms with Gasteiger partial charge in [-0.3, -0.25) is 4.98 Å². The van der Waals surface area contributed by atoms with Crippen molar-refractivity contribution in [1.82, 2.24) is 19.9 Å². The van der Waals surface area contributed by atoms with E-state index < -0.39 is 5.95 Å². The Balaban J connectivity index is 1.49. The van der Waals surface area contributed by atoms with Crippen molar-refractivity contribution in [3.63, 3.8) is 0 Å². The number of hydrogen-bond acceptors (Lipinski definition) is 4. The Hall–Kier alpha value is -2.80. The van der Waals surface area contributed by atoms with Gasteiger partial charge in [0.25, 0.3) is 0 Å². The molecule has 0 unspecified atom stereocenters. The fourth-order valence-electron chi connectivity index (χ4n) is 2.90. The van der Waals surface area contributed by atoms with Gasteiger partial charge >= 0.3 is 0 Å². The van der Waals surface area contributed by atoms with E-state index in [1.807, 2.05) is 31.5 Å². The van der Waals surface area contributed by atoms with Crippen LogP contribution >= 0.6 is 15.9 Å². The lowest BCUT2D eigenvalue weighted by Crippen LogP contribution is -2.05. The Bertz CT molecular complexity index is 1090. The van der Waals surface area contributed by atoms with Crippen LogP contribution in [0.2, 0.25) is 0 Å². The SMILES string of the molecule is Cc1cnc2[nH]cc(Cc3ccc(NCc4ccc(Br)cn4)nc3F)c2c1. The molecule has 0 radical (unpaired) electrons. The van der Waals surface area contributed by atoms with Crippen molar-refractivity contribution in [1.29, 1.82) is 0 Å². The first-order chi connectivity index (χ1) is 13.1. The topological polar surface area (TPSA) is 66.5 Å². The average molecular weight is 426 g/mol. The van der Waals surface area contributed by atoms with E-state index in [0.29, 0.717) is 24.3 Å². The largest absolute Gasteiger partial charge is 0.364 e. The van der Waals surface area contributed by atoms with Crippen LogP contribution in [0.3, 0.4) is 0 Å². The van der Waals surface area contributed by atoms with E-state index in [1.54, 1.807) is 18.3 Å². The number of aromatic amines is 1. The van der Waals surface area contributed by atoms with Crippen molar-refractivity contribution in [3.8, 4) is 0 Å². The number of anilines is 1. The predicted molar refractivity (Wildman–Crippen MR) is 107 cm³/mol. The summed E-state index contributed by atoms with van der Waals surface area (Å²) in [5.41, 5.74) is 4.28. The van der Waals surface area contributed by atoms with Crippen LogP contribution in [0.1, 0.15) is 22.4 Å². The molecule has 7 heteroatoms. The first-order valence-electron chi connectivity index (χ1n) is 8.51. The first kappa shape index (κ1) is 17.6. The molecule has 4 heterocycles. The third kappa shape index (κ3) is 3.98. The highest BCUT2D eigenvalue weighted by molar-refractivity contribution is 9.10. The maximum absolute atomic E-state index is 14.5. The lowest BCUT2D eigenvalue weighted by atomic mass is 10.1. The molecular formula is C20H17BrFN5. The van der Waals surface area contributed by atoms with Gasteiger partial charge in [-0.15, -0.1) is 0 Å². The third-order valence-corrected chi connectivity index (χ3v) is 4.77. The minimum atomic E-state index is -0.473. The highest BCUT2D eigenvalue weighted by atomic mass is 79.9. The Morgan fingerprint density at radius 3 is 2.78 bits per heavy atom. The normalized spacial score (nSPS) is 11.1. The van der Waals surface area contributed by atoms with E-state index in [0.717, 1.165) is 32.3 Å². The number of rotatable bonds is 5. The molecule has 2 N–H and O–H groups in total. The summed E-state index contributed by atoms with van der Waals surface area (Å²) >= 11 is 3.35. The fraction of sp³-hybridized carbons (Fsp3) is 0.150. The number of aromatic nitrogens is 4. The number of H-pyrrole nitrogens is 1. The molecule has 0 aromatic carbocycles. The standard InChI is InChI=1S/C20H17BrFN5/c1-12-6-17-14(9-26-20(17)25-8-12)7-13-2-5-18(27-19(13)22)24-11-16-4-3-15(21)10-23-16/h2-6,8-10H,7,11H2,1H3,(H,24,27)(H,25,26). The molecule has 27 heavy (non-hydrogen) atoms. The molecule has 0 aliphatic heterocycles. The van der Waals surface area contributed by atoms with Gasteiger partial charge in [0, 0.05) is 40.4 Å². The maximum Gasteiger partial charge on any atom is 0.218 e. The van der Waals surface area contributed by atoms with Crippen LogP contribution < -0.4 is 5.32 Å². The minimum Gasteiger partial charge on any atom is -0.364 e.